The monoisotopic (exact) mass is 377 g/mol. The van der Waals surface area contributed by atoms with Crippen molar-refractivity contribution < 1.29 is 14.6 Å². The van der Waals surface area contributed by atoms with E-state index in [0.29, 0.717) is 13.2 Å². The minimum absolute atomic E-state index is 0.273. The third-order valence-electron chi connectivity index (χ3n) is 4.11. The van der Waals surface area contributed by atoms with E-state index < -0.39 is 0 Å². The molecule has 0 unspecified atom stereocenters. The lowest BCUT2D eigenvalue weighted by Gasteiger charge is -2.10. The first-order chi connectivity index (χ1) is 12.8. The van der Waals surface area contributed by atoms with Crippen molar-refractivity contribution in [3.05, 3.63) is 30.0 Å². The maximum absolute atomic E-state index is 8.79. The Balaban J connectivity index is 1.63. The van der Waals surface area contributed by atoms with Crippen LogP contribution >= 0.6 is 11.8 Å². The molecule has 1 aliphatic heterocycles. The summed E-state index contributed by atoms with van der Waals surface area (Å²) in [6.45, 7) is 3.36. The summed E-state index contributed by atoms with van der Waals surface area (Å²) in [6.07, 6.45) is 3.82. The van der Waals surface area contributed by atoms with E-state index in [1.165, 1.54) is 5.56 Å². The molecule has 0 fully saturated rings. The number of nitrogens with zero attached hydrogens (tertiary/aromatic N) is 2. The number of ether oxygens (including phenoxy) is 2. The van der Waals surface area contributed by atoms with Crippen molar-refractivity contribution in [1.82, 2.24) is 15.1 Å². The molecule has 1 aliphatic rings. The maximum Gasteiger partial charge on any atom is 0.161 e. The predicted octanol–water partition coefficient (Wildman–Crippen LogP) is 2.45. The number of hydrogen-bond acceptors (Lipinski definition) is 6. The minimum Gasteiger partial charge on any atom is -0.490 e. The standard InChI is InChI=1S/C19H27N3O3S/c1-22-14-16(13-20-6-11-26-10-2-7-23)19(21-22)15-4-5-17-18(12-15)25-9-3-8-24-17/h4-5,12,14,20,23H,2-3,6-11,13H2,1H3. The van der Waals surface area contributed by atoms with Gasteiger partial charge in [0.2, 0.25) is 0 Å². The lowest BCUT2D eigenvalue weighted by atomic mass is 10.1. The molecular weight excluding hydrogens is 350 g/mol. The Morgan fingerprint density at radius 3 is 2.92 bits per heavy atom. The fourth-order valence-corrected chi connectivity index (χ4v) is 3.68. The SMILES string of the molecule is Cn1cc(CNCCSCCCO)c(-c2ccc3c(c2)OCCCO3)n1. The Kier molecular flexibility index (Phi) is 7.22. The van der Waals surface area contributed by atoms with Crippen LogP contribution < -0.4 is 14.8 Å². The number of aryl methyl sites for hydroxylation is 1. The topological polar surface area (TPSA) is 68.5 Å². The van der Waals surface area contributed by atoms with E-state index >= 15 is 0 Å². The van der Waals surface area contributed by atoms with Crippen LogP contribution in [0.5, 0.6) is 11.5 Å². The summed E-state index contributed by atoms with van der Waals surface area (Å²) in [5, 5.41) is 16.9. The van der Waals surface area contributed by atoms with Crippen LogP contribution in [0.25, 0.3) is 11.3 Å². The second-order valence-electron chi connectivity index (χ2n) is 6.25. The van der Waals surface area contributed by atoms with Crippen molar-refractivity contribution in [3.8, 4) is 22.8 Å². The molecule has 0 amide bonds. The van der Waals surface area contributed by atoms with Crippen molar-refractivity contribution in [2.45, 2.75) is 19.4 Å². The third kappa shape index (κ3) is 5.16. The van der Waals surface area contributed by atoms with Gasteiger partial charge in [0.1, 0.15) is 0 Å². The predicted molar refractivity (Wildman–Crippen MR) is 105 cm³/mol. The summed E-state index contributed by atoms with van der Waals surface area (Å²) < 4.78 is 13.4. The average molecular weight is 378 g/mol. The summed E-state index contributed by atoms with van der Waals surface area (Å²) in [7, 11) is 1.95. The Bertz CT molecular complexity index is 705. The molecule has 3 rings (SSSR count). The number of aliphatic hydroxyl groups is 1. The molecule has 1 aromatic carbocycles. The normalized spacial score (nSPS) is 13.6. The van der Waals surface area contributed by atoms with Gasteiger partial charge in [0, 0.05) is 56.2 Å². The van der Waals surface area contributed by atoms with Crippen LogP contribution in [-0.2, 0) is 13.6 Å². The van der Waals surface area contributed by atoms with Crippen molar-refractivity contribution >= 4 is 11.8 Å². The van der Waals surface area contributed by atoms with E-state index in [-0.39, 0.29) is 6.61 Å². The van der Waals surface area contributed by atoms with E-state index in [4.69, 9.17) is 14.6 Å². The van der Waals surface area contributed by atoms with Crippen molar-refractivity contribution in [2.24, 2.45) is 7.05 Å². The largest absolute Gasteiger partial charge is 0.490 e. The number of nitrogens with one attached hydrogen (secondary N) is 1. The van der Waals surface area contributed by atoms with Gasteiger partial charge in [-0.05, 0) is 30.4 Å². The molecule has 142 valence electrons. The Morgan fingerprint density at radius 1 is 1.23 bits per heavy atom. The number of fused-ring (bicyclic) bond motifs is 1. The highest BCUT2D eigenvalue weighted by molar-refractivity contribution is 7.99. The summed E-state index contributed by atoms with van der Waals surface area (Å²) >= 11 is 1.86. The highest BCUT2D eigenvalue weighted by atomic mass is 32.2. The number of thioether (sulfide) groups is 1. The van der Waals surface area contributed by atoms with Crippen molar-refractivity contribution in [3.63, 3.8) is 0 Å². The van der Waals surface area contributed by atoms with E-state index in [1.807, 2.05) is 41.7 Å². The fourth-order valence-electron chi connectivity index (χ4n) is 2.86. The molecule has 0 saturated heterocycles. The number of aliphatic hydroxyl groups excluding tert-OH is 1. The molecule has 7 heteroatoms. The van der Waals surface area contributed by atoms with Crippen LogP contribution in [0.4, 0.5) is 0 Å². The average Bonchev–Trinajstić information content (AvgIpc) is 2.87. The van der Waals surface area contributed by atoms with Crippen LogP contribution in [0.3, 0.4) is 0 Å². The molecule has 0 aliphatic carbocycles. The second kappa shape index (κ2) is 9.85. The lowest BCUT2D eigenvalue weighted by Crippen LogP contribution is -2.17. The number of hydrogen-bond donors (Lipinski definition) is 2. The molecule has 0 bridgehead atoms. The zero-order valence-electron chi connectivity index (χ0n) is 15.2. The quantitative estimate of drug-likeness (QED) is 0.655. The van der Waals surface area contributed by atoms with Gasteiger partial charge < -0.3 is 19.9 Å². The molecule has 1 aromatic heterocycles. The molecule has 0 spiro atoms. The third-order valence-corrected chi connectivity index (χ3v) is 5.18. The molecule has 0 radical (unpaired) electrons. The molecule has 0 saturated carbocycles. The summed E-state index contributed by atoms with van der Waals surface area (Å²) in [6, 6.07) is 6.04. The molecule has 0 atom stereocenters. The molecule has 2 aromatic rings. The van der Waals surface area contributed by atoms with Crippen LogP contribution in [0.2, 0.25) is 0 Å². The van der Waals surface area contributed by atoms with Crippen LogP contribution in [0.1, 0.15) is 18.4 Å². The van der Waals surface area contributed by atoms with Crippen LogP contribution in [-0.4, -0.2) is 52.8 Å². The first-order valence-corrected chi connectivity index (χ1v) is 10.3. The maximum atomic E-state index is 8.79. The van der Waals surface area contributed by atoms with E-state index in [2.05, 4.69) is 16.6 Å². The Labute approximate surface area is 158 Å². The number of benzene rings is 1. The van der Waals surface area contributed by atoms with Gasteiger partial charge in [0.25, 0.3) is 0 Å². The van der Waals surface area contributed by atoms with Gasteiger partial charge in [0.05, 0.1) is 18.9 Å². The highest BCUT2D eigenvalue weighted by Gasteiger charge is 2.15. The van der Waals surface area contributed by atoms with Gasteiger partial charge in [-0.25, -0.2) is 0 Å². The van der Waals surface area contributed by atoms with E-state index in [0.717, 1.165) is 60.2 Å². The van der Waals surface area contributed by atoms with Gasteiger partial charge in [0.15, 0.2) is 11.5 Å². The second-order valence-corrected chi connectivity index (χ2v) is 7.48. The van der Waals surface area contributed by atoms with E-state index in [1.54, 1.807) is 0 Å². The minimum atomic E-state index is 0.273. The lowest BCUT2D eigenvalue weighted by molar-refractivity contribution is 0.296. The highest BCUT2D eigenvalue weighted by Crippen LogP contribution is 2.34. The first kappa shape index (κ1) is 19.1. The van der Waals surface area contributed by atoms with Crippen LogP contribution in [0, 0.1) is 0 Å². The summed E-state index contributed by atoms with van der Waals surface area (Å²) in [4.78, 5) is 0. The van der Waals surface area contributed by atoms with Crippen molar-refractivity contribution in [1.29, 1.82) is 0 Å². The summed E-state index contributed by atoms with van der Waals surface area (Å²) in [5.74, 6) is 3.65. The molecule has 2 N–H and O–H groups in total. The van der Waals surface area contributed by atoms with Crippen molar-refractivity contribution in [2.75, 3.05) is 37.9 Å². The Morgan fingerprint density at radius 2 is 2.08 bits per heavy atom. The first-order valence-electron chi connectivity index (χ1n) is 9.10. The molecular formula is C19H27N3O3S. The molecule has 6 nitrogen and oxygen atoms in total. The van der Waals surface area contributed by atoms with Gasteiger partial charge in [-0.15, -0.1) is 0 Å². The number of aromatic nitrogens is 2. The van der Waals surface area contributed by atoms with Gasteiger partial charge in [-0.3, -0.25) is 4.68 Å². The Hall–Kier alpha value is -1.70. The van der Waals surface area contributed by atoms with E-state index in [9.17, 15) is 0 Å². The zero-order chi connectivity index (χ0) is 18.2. The number of rotatable bonds is 9. The zero-order valence-corrected chi connectivity index (χ0v) is 16.1. The summed E-state index contributed by atoms with van der Waals surface area (Å²) in [5.41, 5.74) is 3.19. The van der Waals surface area contributed by atoms with Crippen LogP contribution in [0.15, 0.2) is 24.4 Å². The van der Waals surface area contributed by atoms with Gasteiger partial charge >= 0.3 is 0 Å². The molecule has 2 heterocycles. The van der Waals surface area contributed by atoms with Gasteiger partial charge in [-0.1, -0.05) is 0 Å². The molecule has 26 heavy (non-hydrogen) atoms. The smallest absolute Gasteiger partial charge is 0.161 e. The van der Waals surface area contributed by atoms with Gasteiger partial charge in [-0.2, -0.15) is 16.9 Å². The fraction of sp³-hybridized carbons (Fsp3) is 0.526.